The molecule has 1 atom stereocenters. The van der Waals surface area contributed by atoms with Crippen LogP contribution in [-0.4, -0.2) is 29.5 Å². The first-order valence-electron chi connectivity index (χ1n) is 5.91. The predicted molar refractivity (Wildman–Crippen MR) is 71.2 cm³/mol. The fraction of sp³-hybridized carbons (Fsp3) is 0.308. The van der Waals surface area contributed by atoms with Crippen molar-refractivity contribution in [2.75, 3.05) is 13.2 Å². The van der Waals surface area contributed by atoms with Crippen molar-refractivity contribution < 1.29 is 14.4 Å². The van der Waals surface area contributed by atoms with Crippen molar-refractivity contribution in [1.82, 2.24) is 10.5 Å². The molecule has 0 radical (unpaired) electrons. The third-order valence-electron chi connectivity index (χ3n) is 2.44. The number of hydrogen-bond donors (Lipinski definition) is 2. The normalized spacial score (nSPS) is 12.3. The van der Waals surface area contributed by atoms with Gasteiger partial charge in [0.05, 0.1) is 17.8 Å². The van der Waals surface area contributed by atoms with Crippen LogP contribution in [0.4, 0.5) is 0 Å². The predicted octanol–water partition coefficient (Wildman–Crippen LogP) is 1.86. The smallest absolute Gasteiger partial charge is 0.150 e. The molecule has 0 aliphatic heterocycles. The summed E-state index contributed by atoms with van der Waals surface area (Å²) in [7, 11) is 0. The quantitative estimate of drug-likeness (QED) is 0.811. The molecule has 0 fully saturated rings. The molecular weight excluding hydrogens is 268 g/mol. The molecule has 1 aromatic carbocycles. The highest BCUT2D eigenvalue weighted by Gasteiger charge is 2.07. The molecule has 0 saturated carbocycles. The number of para-hydroxylation sites is 1. The fourth-order valence-electron chi connectivity index (χ4n) is 1.50. The van der Waals surface area contributed by atoms with Gasteiger partial charge in [0.25, 0.3) is 0 Å². The summed E-state index contributed by atoms with van der Waals surface area (Å²) in [5.41, 5.74) is 0. The lowest BCUT2D eigenvalue weighted by molar-refractivity contribution is 0.105. The van der Waals surface area contributed by atoms with E-state index in [0.29, 0.717) is 23.9 Å². The van der Waals surface area contributed by atoms with E-state index < -0.39 is 6.10 Å². The van der Waals surface area contributed by atoms with Gasteiger partial charge in [0.15, 0.2) is 0 Å². The lowest BCUT2D eigenvalue weighted by Crippen LogP contribution is -2.31. The molecule has 102 valence electrons. The summed E-state index contributed by atoms with van der Waals surface area (Å²) in [6.45, 7) is 1.08. The molecule has 5 nitrogen and oxygen atoms in total. The van der Waals surface area contributed by atoms with Crippen molar-refractivity contribution in [3.05, 3.63) is 47.3 Å². The van der Waals surface area contributed by atoms with E-state index in [1.54, 1.807) is 24.4 Å². The topological polar surface area (TPSA) is 67.5 Å². The number of aromatic nitrogens is 1. The van der Waals surface area contributed by atoms with Crippen LogP contribution in [-0.2, 0) is 6.54 Å². The maximum Gasteiger partial charge on any atom is 0.150 e. The standard InChI is InChI=1S/C13H15ClN2O3/c14-12-3-1-2-4-13(12)18-9-10(17)7-15-8-11-5-6-16-19-11/h1-6,10,15,17H,7-9H2. The van der Waals surface area contributed by atoms with Crippen LogP contribution in [0.2, 0.25) is 5.02 Å². The van der Waals surface area contributed by atoms with Gasteiger partial charge >= 0.3 is 0 Å². The van der Waals surface area contributed by atoms with Gasteiger partial charge in [-0.15, -0.1) is 0 Å². The van der Waals surface area contributed by atoms with Gasteiger partial charge < -0.3 is 19.7 Å². The minimum atomic E-state index is -0.626. The molecule has 1 unspecified atom stereocenters. The number of aliphatic hydroxyl groups is 1. The lowest BCUT2D eigenvalue weighted by atomic mass is 10.3. The number of aliphatic hydroxyl groups excluding tert-OH is 1. The van der Waals surface area contributed by atoms with E-state index in [1.807, 2.05) is 12.1 Å². The minimum absolute atomic E-state index is 0.174. The Morgan fingerprint density at radius 2 is 2.21 bits per heavy atom. The third kappa shape index (κ3) is 4.55. The van der Waals surface area contributed by atoms with Crippen LogP contribution in [0.1, 0.15) is 5.76 Å². The molecule has 2 rings (SSSR count). The SMILES string of the molecule is OC(CNCc1ccno1)COc1ccccc1Cl. The summed E-state index contributed by atoms with van der Waals surface area (Å²) < 4.78 is 10.3. The summed E-state index contributed by atoms with van der Waals surface area (Å²) in [6.07, 6.45) is 0.952. The number of nitrogens with one attached hydrogen (secondary N) is 1. The Labute approximate surface area is 116 Å². The summed E-state index contributed by atoms with van der Waals surface area (Å²) >= 11 is 5.94. The Hall–Kier alpha value is -1.56. The summed E-state index contributed by atoms with van der Waals surface area (Å²) in [5, 5.41) is 16.9. The molecule has 0 amide bonds. The van der Waals surface area contributed by atoms with E-state index in [-0.39, 0.29) is 6.61 Å². The Balaban J connectivity index is 1.67. The molecule has 0 bridgehead atoms. The molecule has 19 heavy (non-hydrogen) atoms. The first-order valence-corrected chi connectivity index (χ1v) is 6.29. The van der Waals surface area contributed by atoms with Crippen LogP contribution in [0.3, 0.4) is 0 Å². The van der Waals surface area contributed by atoms with Crippen molar-refractivity contribution in [1.29, 1.82) is 0 Å². The van der Waals surface area contributed by atoms with Crippen LogP contribution in [0.15, 0.2) is 41.1 Å². The van der Waals surface area contributed by atoms with Gasteiger partial charge in [-0.25, -0.2) is 0 Å². The largest absolute Gasteiger partial charge is 0.489 e. The van der Waals surface area contributed by atoms with Gasteiger partial charge in [-0.2, -0.15) is 0 Å². The molecule has 0 aliphatic carbocycles. The molecule has 1 aromatic heterocycles. The Morgan fingerprint density at radius 1 is 1.37 bits per heavy atom. The van der Waals surface area contributed by atoms with E-state index in [9.17, 15) is 5.11 Å². The Kier molecular flexibility index (Phi) is 5.20. The number of hydrogen-bond acceptors (Lipinski definition) is 5. The van der Waals surface area contributed by atoms with Gasteiger partial charge in [0.1, 0.15) is 24.2 Å². The van der Waals surface area contributed by atoms with Gasteiger partial charge in [-0.3, -0.25) is 0 Å². The number of nitrogens with zero attached hydrogens (tertiary/aromatic N) is 1. The second-order valence-corrected chi connectivity index (χ2v) is 4.41. The maximum absolute atomic E-state index is 9.75. The Bertz CT molecular complexity index is 490. The first kappa shape index (κ1) is 13.9. The summed E-state index contributed by atoms with van der Waals surface area (Å²) in [4.78, 5) is 0. The van der Waals surface area contributed by atoms with E-state index >= 15 is 0 Å². The highest BCUT2D eigenvalue weighted by Crippen LogP contribution is 2.22. The van der Waals surface area contributed by atoms with Crippen LogP contribution < -0.4 is 10.1 Å². The van der Waals surface area contributed by atoms with Crippen molar-refractivity contribution in [3.63, 3.8) is 0 Å². The minimum Gasteiger partial charge on any atom is -0.489 e. The summed E-state index contributed by atoms with van der Waals surface area (Å²) in [6, 6.07) is 8.92. The maximum atomic E-state index is 9.75. The number of benzene rings is 1. The third-order valence-corrected chi connectivity index (χ3v) is 2.75. The van der Waals surface area contributed by atoms with E-state index in [1.165, 1.54) is 0 Å². The van der Waals surface area contributed by atoms with Crippen molar-refractivity contribution >= 4 is 11.6 Å². The van der Waals surface area contributed by atoms with Crippen LogP contribution in [0.25, 0.3) is 0 Å². The molecule has 6 heteroatoms. The zero-order valence-electron chi connectivity index (χ0n) is 10.3. The van der Waals surface area contributed by atoms with E-state index in [0.717, 1.165) is 5.76 Å². The molecule has 0 saturated heterocycles. The van der Waals surface area contributed by atoms with Crippen LogP contribution in [0.5, 0.6) is 5.75 Å². The van der Waals surface area contributed by atoms with Crippen LogP contribution in [0, 0.1) is 0 Å². The van der Waals surface area contributed by atoms with Gasteiger partial charge in [-0.05, 0) is 12.1 Å². The van der Waals surface area contributed by atoms with Crippen molar-refractivity contribution in [2.24, 2.45) is 0 Å². The molecule has 0 aliphatic rings. The number of ether oxygens (including phenoxy) is 1. The average Bonchev–Trinajstić information content (AvgIpc) is 2.91. The van der Waals surface area contributed by atoms with E-state index in [2.05, 4.69) is 10.5 Å². The molecule has 0 spiro atoms. The second-order valence-electron chi connectivity index (χ2n) is 4.00. The lowest BCUT2D eigenvalue weighted by Gasteiger charge is -2.13. The van der Waals surface area contributed by atoms with Crippen molar-refractivity contribution in [3.8, 4) is 5.75 Å². The highest BCUT2D eigenvalue weighted by atomic mass is 35.5. The first-order chi connectivity index (χ1) is 9.25. The van der Waals surface area contributed by atoms with E-state index in [4.69, 9.17) is 20.9 Å². The zero-order valence-corrected chi connectivity index (χ0v) is 11.0. The van der Waals surface area contributed by atoms with Gasteiger partial charge in [0.2, 0.25) is 0 Å². The molecular formula is C13H15ClN2O3. The second kappa shape index (κ2) is 7.13. The van der Waals surface area contributed by atoms with Gasteiger partial charge in [-0.1, -0.05) is 28.9 Å². The zero-order chi connectivity index (χ0) is 13.5. The van der Waals surface area contributed by atoms with Gasteiger partial charge in [0, 0.05) is 12.6 Å². The number of rotatable bonds is 7. The average molecular weight is 283 g/mol. The fourth-order valence-corrected chi connectivity index (χ4v) is 1.69. The monoisotopic (exact) mass is 282 g/mol. The molecule has 1 heterocycles. The Morgan fingerprint density at radius 3 is 2.95 bits per heavy atom. The highest BCUT2D eigenvalue weighted by molar-refractivity contribution is 6.32. The summed E-state index contributed by atoms with van der Waals surface area (Å²) in [5.74, 6) is 1.29. The number of halogens is 1. The molecule has 2 N–H and O–H groups in total. The van der Waals surface area contributed by atoms with Crippen molar-refractivity contribution in [2.45, 2.75) is 12.6 Å². The molecule has 2 aromatic rings. The van der Waals surface area contributed by atoms with Crippen LogP contribution >= 0.6 is 11.6 Å².